The quantitative estimate of drug-likeness (QED) is 0.672. The number of nitrogens with one attached hydrogen (secondary N) is 1. The monoisotopic (exact) mass is 366 g/mol. The van der Waals surface area contributed by atoms with Gasteiger partial charge in [-0.1, -0.05) is 18.2 Å². The Balaban J connectivity index is 1.71. The summed E-state index contributed by atoms with van der Waals surface area (Å²) in [4.78, 5) is 28.3. The molecule has 138 valence electrons. The number of hydrogen-bond acceptors (Lipinski definition) is 6. The lowest BCUT2D eigenvalue weighted by atomic mass is 10.2. The second kappa shape index (κ2) is 8.18. The minimum atomic E-state index is -0.486. The molecule has 27 heavy (non-hydrogen) atoms. The average molecular weight is 366 g/mol. The van der Waals surface area contributed by atoms with Gasteiger partial charge >= 0.3 is 5.97 Å². The molecule has 0 aliphatic rings. The Labute approximate surface area is 155 Å². The minimum absolute atomic E-state index is 0.107. The zero-order chi connectivity index (χ0) is 19.2. The fourth-order valence-electron chi connectivity index (χ4n) is 2.45. The van der Waals surface area contributed by atoms with Gasteiger partial charge in [0.1, 0.15) is 28.4 Å². The summed E-state index contributed by atoms with van der Waals surface area (Å²) in [6.45, 7) is 1.76. The number of aromatic nitrogens is 1. The maximum Gasteiger partial charge on any atom is 0.341 e. The van der Waals surface area contributed by atoms with Crippen LogP contribution in [0.15, 0.2) is 59.1 Å². The van der Waals surface area contributed by atoms with E-state index in [1.54, 1.807) is 43.5 Å². The molecule has 2 aromatic heterocycles. The summed E-state index contributed by atoms with van der Waals surface area (Å²) in [6, 6.07) is 13.9. The number of benzene rings is 1. The Morgan fingerprint density at radius 1 is 1.11 bits per heavy atom. The number of rotatable bonds is 6. The molecule has 0 atom stereocenters. The fraction of sp³-hybridized carbons (Fsp3) is 0.150. The summed E-state index contributed by atoms with van der Waals surface area (Å²) in [7, 11) is 1.30. The van der Waals surface area contributed by atoms with E-state index < -0.39 is 5.97 Å². The van der Waals surface area contributed by atoms with Gasteiger partial charge in [-0.3, -0.25) is 4.79 Å². The number of furan rings is 1. The van der Waals surface area contributed by atoms with E-state index in [1.165, 1.54) is 7.11 Å². The molecule has 3 rings (SSSR count). The highest BCUT2D eigenvalue weighted by atomic mass is 16.5. The lowest BCUT2D eigenvalue weighted by Gasteiger charge is -2.09. The summed E-state index contributed by atoms with van der Waals surface area (Å²) < 4.78 is 15.9. The molecule has 0 fully saturated rings. The first-order valence-corrected chi connectivity index (χ1v) is 8.22. The second-order valence-electron chi connectivity index (χ2n) is 5.63. The van der Waals surface area contributed by atoms with Gasteiger partial charge in [0.2, 0.25) is 5.88 Å². The summed E-state index contributed by atoms with van der Waals surface area (Å²) >= 11 is 0. The number of aryl methyl sites for hydroxylation is 1. The molecule has 0 saturated heterocycles. The van der Waals surface area contributed by atoms with Crippen molar-refractivity contribution in [1.29, 1.82) is 0 Å². The SMILES string of the molecule is COC(=O)c1cc(CNC(=O)c2cccnc2Oc2ccccc2)oc1C. The van der Waals surface area contributed by atoms with E-state index in [9.17, 15) is 9.59 Å². The number of pyridine rings is 1. The average Bonchev–Trinajstić information content (AvgIpc) is 3.07. The Kier molecular flexibility index (Phi) is 5.51. The van der Waals surface area contributed by atoms with E-state index in [4.69, 9.17) is 9.15 Å². The number of carbonyl (C=O) groups is 2. The standard InChI is InChI=1S/C20H18N2O5/c1-13-17(20(24)25-2)11-15(26-13)12-22-18(23)16-9-6-10-21-19(16)27-14-7-4-3-5-8-14/h3-11H,12H2,1-2H3,(H,22,23). The maximum absolute atomic E-state index is 12.5. The van der Waals surface area contributed by atoms with Gasteiger partial charge in [-0.05, 0) is 37.3 Å². The van der Waals surface area contributed by atoms with Gasteiger partial charge in [0.15, 0.2) is 0 Å². The summed E-state index contributed by atoms with van der Waals surface area (Å²) in [5, 5.41) is 2.73. The topological polar surface area (TPSA) is 90.7 Å². The van der Waals surface area contributed by atoms with Crippen LogP contribution >= 0.6 is 0 Å². The van der Waals surface area contributed by atoms with Crippen LogP contribution in [0.5, 0.6) is 11.6 Å². The van der Waals surface area contributed by atoms with Crippen LogP contribution < -0.4 is 10.1 Å². The third-order valence-corrected chi connectivity index (χ3v) is 3.77. The van der Waals surface area contributed by atoms with E-state index in [0.29, 0.717) is 22.8 Å². The van der Waals surface area contributed by atoms with E-state index >= 15 is 0 Å². The molecule has 0 radical (unpaired) electrons. The molecular weight excluding hydrogens is 348 g/mol. The van der Waals surface area contributed by atoms with Crippen LogP contribution in [0.4, 0.5) is 0 Å². The lowest BCUT2D eigenvalue weighted by Crippen LogP contribution is -2.23. The molecule has 3 aromatic rings. The zero-order valence-corrected chi connectivity index (χ0v) is 14.9. The summed E-state index contributed by atoms with van der Waals surface area (Å²) in [6.07, 6.45) is 1.55. The van der Waals surface area contributed by atoms with Gasteiger partial charge in [-0.25, -0.2) is 9.78 Å². The number of ether oxygens (including phenoxy) is 2. The van der Waals surface area contributed by atoms with Gasteiger partial charge in [0, 0.05) is 6.20 Å². The van der Waals surface area contributed by atoms with Crippen molar-refractivity contribution < 1.29 is 23.5 Å². The van der Waals surface area contributed by atoms with Gasteiger partial charge in [-0.15, -0.1) is 0 Å². The van der Waals surface area contributed by atoms with E-state index in [0.717, 1.165) is 0 Å². The van der Waals surface area contributed by atoms with Gasteiger partial charge in [-0.2, -0.15) is 0 Å². The Bertz CT molecular complexity index is 950. The molecule has 0 saturated carbocycles. The number of amides is 1. The highest BCUT2D eigenvalue weighted by molar-refractivity contribution is 5.96. The molecule has 2 heterocycles. The largest absolute Gasteiger partial charge is 0.465 e. The molecular formula is C20H18N2O5. The van der Waals surface area contributed by atoms with Gasteiger partial charge in [0.05, 0.1) is 13.7 Å². The molecule has 7 heteroatoms. The number of nitrogens with zero attached hydrogens (tertiary/aromatic N) is 1. The van der Waals surface area contributed by atoms with Crippen LogP contribution in [0.2, 0.25) is 0 Å². The van der Waals surface area contributed by atoms with E-state index in [2.05, 4.69) is 15.0 Å². The van der Waals surface area contributed by atoms with Crippen LogP contribution in [0.1, 0.15) is 32.2 Å². The summed E-state index contributed by atoms with van der Waals surface area (Å²) in [5.74, 6) is 0.792. The van der Waals surface area contributed by atoms with Crippen molar-refractivity contribution in [2.45, 2.75) is 13.5 Å². The second-order valence-corrected chi connectivity index (χ2v) is 5.63. The lowest BCUT2D eigenvalue weighted by molar-refractivity contribution is 0.0598. The van der Waals surface area contributed by atoms with E-state index in [-0.39, 0.29) is 23.9 Å². The highest BCUT2D eigenvalue weighted by Gasteiger charge is 2.18. The Hall–Kier alpha value is -3.61. The zero-order valence-electron chi connectivity index (χ0n) is 14.9. The number of esters is 1. The summed E-state index contributed by atoms with van der Waals surface area (Å²) in [5.41, 5.74) is 0.619. The smallest absolute Gasteiger partial charge is 0.341 e. The molecule has 7 nitrogen and oxygen atoms in total. The van der Waals surface area contributed by atoms with Crippen molar-refractivity contribution in [3.05, 3.63) is 77.4 Å². The first-order chi connectivity index (χ1) is 13.1. The third-order valence-electron chi connectivity index (χ3n) is 3.77. The van der Waals surface area contributed by atoms with Crippen molar-refractivity contribution in [2.24, 2.45) is 0 Å². The first-order valence-electron chi connectivity index (χ1n) is 8.22. The third kappa shape index (κ3) is 4.33. The number of para-hydroxylation sites is 1. The number of carbonyl (C=O) groups excluding carboxylic acids is 2. The van der Waals surface area contributed by atoms with Crippen LogP contribution in [0.3, 0.4) is 0 Å². The Morgan fingerprint density at radius 2 is 1.89 bits per heavy atom. The minimum Gasteiger partial charge on any atom is -0.465 e. The van der Waals surface area contributed by atoms with Crippen LogP contribution in [-0.2, 0) is 11.3 Å². The van der Waals surface area contributed by atoms with Crippen molar-refractivity contribution >= 4 is 11.9 Å². The molecule has 1 amide bonds. The van der Waals surface area contributed by atoms with Crippen LogP contribution in [0, 0.1) is 6.92 Å². The molecule has 0 aliphatic carbocycles. The number of methoxy groups -OCH3 is 1. The van der Waals surface area contributed by atoms with E-state index in [1.807, 2.05) is 18.2 Å². The molecule has 0 spiro atoms. The predicted molar refractivity (Wildman–Crippen MR) is 96.7 cm³/mol. The highest BCUT2D eigenvalue weighted by Crippen LogP contribution is 2.22. The van der Waals surface area contributed by atoms with Crippen molar-refractivity contribution in [3.63, 3.8) is 0 Å². The van der Waals surface area contributed by atoms with Crippen molar-refractivity contribution in [2.75, 3.05) is 7.11 Å². The normalized spacial score (nSPS) is 10.3. The van der Waals surface area contributed by atoms with Crippen molar-refractivity contribution in [1.82, 2.24) is 10.3 Å². The first kappa shape index (κ1) is 18.2. The molecule has 1 aromatic carbocycles. The maximum atomic E-state index is 12.5. The number of hydrogen-bond donors (Lipinski definition) is 1. The predicted octanol–water partition coefficient (Wildman–Crippen LogP) is 3.49. The van der Waals surface area contributed by atoms with Crippen LogP contribution in [0.25, 0.3) is 0 Å². The van der Waals surface area contributed by atoms with Crippen LogP contribution in [-0.4, -0.2) is 24.0 Å². The van der Waals surface area contributed by atoms with Crippen molar-refractivity contribution in [3.8, 4) is 11.6 Å². The Morgan fingerprint density at radius 3 is 2.63 bits per heavy atom. The molecule has 0 bridgehead atoms. The molecule has 1 N–H and O–H groups in total. The molecule has 0 unspecified atom stereocenters. The van der Waals surface area contributed by atoms with Gasteiger partial charge in [0.25, 0.3) is 5.91 Å². The molecule has 0 aliphatic heterocycles. The van der Waals surface area contributed by atoms with Gasteiger partial charge < -0.3 is 19.2 Å². The fourth-order valence-corrected chi connectivity index (χ4v) is 2.45.